The van der Waals surface area contributed by atoms with E-state index in [-0.39, 0.29) is 30.0 Å². The van der Waals surface area contributed by atoms with E-state index in [4.69, 9.17) is 0 Å². The Morgan fingerprint density at radius 2 is 2.09 bits per heavy atom. The van der Waals surface area contributed by atoms with Gasteiger partial charge in [-0.15, -0.1) is 12.4 Å². The fraction of sp³-hybridized carbons (Fsp3) is 0.500. The van der Waals surface area contributed by atoms with Gasteiger partial charge in [-0.2, -0.15) is 0 Å². The van der Waals surface area contributed by atoms with Gasteiger partial charge in [-0.3, -0.25) is 13.9 Å². The summed E-state index contributed by atoms with van der Waals surface area (Å²) in [6.07, 6.45) is 2.44. The van der Waals surface area contributed by atoms with E-state index in [1.54, 1.807) is 16.2 Å². The average molecular weight is 339 g/mol. The molecule has 0 spiro atoms. The van der Waals surface area contributed by atoms with Crippen LogP contribution >= 0.6 is 12.4 Å². The lowest BCUT2D eigenvalue weighted by molar-refractivity contribution is -0.122. The highest BCUT2D eigenvalue weighted by molar-refractivity contribution is 5.85. The fourth-order valence-corrected chi connectivity index (χ4v) is 3.07. The highest BCUT2D eigenvalue weighted by Gasteiger charge is 2.16. The van der Waals surface area contributed by atoms with Crippen LogP contribution < -0.4 is 16.3 Å². The predicted molar refractivity (Wildman–Crippen MR) is 93.1 cm³/mol. The Balaban J connectivity index is 0.00000192. The number of imidazole rings is 1. The molecule has 1 aromatic heterocycles. The largest absolute Gasteiger partial charge is 0.352 e. The van der Waals surface area contributed by atoms with Crippen molar-refractivity contribution in [2.45, 2.75) is 31.8 Å². The molecule has 1 fully saturated rings. The standard InChI is InChI=1S/C16H22N4O2.ClH/c1-19-13-6-2-3-7-14(13)20(16(19)22)10-8-15(21)18-12-5-4-9-17-11-12;/h2-3,6-7,12,17H,4-5,8-11H2,1H3,(H,18,21);1H/t12-;/m0./s1. The third-order valence-electron chi connectivity index (χ3n) is 4.28. The number of carbonyl (C=O) groups is 1. The van der Waals surface area contributed by atoms with Crippen molar-refractivity contribution in [2.75, 3.05) is 13.1 Å². The van der Waals surface area contributed by atoms with Crippen LogP contribution in [0.5, 0.6) is 0 Å². The number of amides is 1. The summed E-state index contributed by atoms with van der Waals surface area (Å²) in [7, 11) is 1.76. The number of aryl methyl sites for hydroxylation is 2. The van der Waals surface area contributed by atoms with Crippen molar-refractivity contribution in [1.82, 2.24) is 19.8 Å². The second-order valence-corrected chi connectivity index (χ2v) is 5.84. The van der Waals surface area contributed by atoms with E-state index >= 15 is 0 Å². The van der Waals surface area contributed by atoms with Gasteiger partial charge >= 0.3 is 5.69 Å². The summed E-state index contributed by atoms with van der Waals surface area (Å²) >= 11 is 0. The second-order valence-electron chi connectivity index (χ2n) is 5.84. The van der Waals surface area contributed by atoms with Gasteiger partial charge in [-0.25, -0.2) is 4.79 Å². The lowest BCUT2D eigenvalue weighted by Crippen LogP contribution is -2.45. The molecule has 1 aliphatic rings. The zero-order chi connectivity index (χ0) is 15.5. The monoisotopic (exact) mass is 338 g/mol. The van der Waals surface area contributed by atoms with Crippen LogP contribution in [0.2, 0.25) is 0 Å². The second kappa shape index (κ2) is 7.66. The summed E-state index contributed by atoms with van der Waals surface area (Å²) in [5.41, 5.74) is 1.69. The zero-order valence-corrected chi connectivity index (χ0v) is 14.1. The summed E-state index contributed by atoms with van der Waals surface area (Å²) in [6, 6.07) is 7.87. The van der Waals surface area contributed by atoms with Gasteiger partial charge in [-0.1, -0.05) is 12.1 Å². The maximum Gasteiger partial charge on any atom is 0.328 e. The molecule has 1 saturated heterocycles. The van der Waals surface area contributed by atoms with Gasteiger partial charge < -0.3 is 10.6 Å². The first-order valence-corrected chi connectivity index (χ1v) is 7.81. The van der Waals surface area contributed by atoms with Crippen LogP contribution in [0.15, 0.2) is 29.1 Å². The molecule has 1 amide bonds. The molecule has 7 heteroatoms. The van der Waals surface area contributed by atoms with Crippen LogP contribution in [-0.2, 0) is 18.4 Å². The summed E-state index contributed by atoms with van der Waals surface area (Å²) in [6.45, 7) is 2.27. The first-order chi connectivity index (χ1) is 10.7. The quantitative estimate of drug-likeness (QED) is 0.874. The number of halogens is 1. The molecule has 0 unspecified atom stereocenters. The topological polar surface area (TPSA) is 68.1 Å². The number of carbonyl (C=O) groups excluding carboxylic acids is 1. The third-order valence-corrected chi connectivity index (χ3v) is 4.28. The molecule has 0 saturated carbocycles. The molecule has 23 heavy (non-hydrogen) atoms. The van der Waals surface area contributed by atoms with Gasteiger partial charge in [0.25, 0.3) is 0 Å². The molecule has 1 aliphatic heterocycles. The minimum atomic E-state index is -0.0756. The molecule has 6 nitrogen and oxygen atoms in total. The number of hydrogen-bond acceptors (Lipinski definition) is 3. The van der Waals surface area contributed by atoms with Crippen LogP contribution in [0.4, 0.5) is 0 Å². The maximum absolute atomic E-state index is 12.3. The number of nitrogens with one attached hydrogen (secondary N) is 2. The molecule has 1 atom stereocenters. The van der Waals surface area contributed by atoms with E-state index in [9.17, 15) is 9.59 Å². The number of hydrogen-bond donors (Lipinski definition) is 2. The highest BCUT2D eigenvalue weighted by atomic mass is 35.5. The summed E-state index contributed by atoms with van der Waals surface area (Å²) in [5.74, 6) is 0.00790. The van der Waals surface area contributed by atoms with Gasteiger partial charge in [0, 0.05) is 32.6 Å². The number of nitrogens with zero attached hydrogens (tertiary/aromatic N) is 2. The molecule has 3 rings (SSSR count). The van der Waals surface area contributed by atoms with Gasteiger partial charge in [0.2, 0.25) is 5.91 Å². The number of fused-ring (bicyclic) bond motifs is 1. The van der Waals surface area contributed by atoms with Gasteiger partial charge in [0.05, 0.1) is 11.0 Å². The minimum absolute atomic E-state index is 0. The Morgan fingerprint density at radius 3 is 2.78 bits per heavy atom. The molecule has 2 heterocycles. The first kappa shape index (κ1) is 17.6. The van der Waals surface area contributed by atoms with Crippen molar-refractivity contribution in [3.63, 3.8) is 0 Å². The minimum Gasteiger partial charge on any atom is -0.352 e. The first-order valence-electron chi connectivity index (χ1n) is 7.81. The number of benzene rings is 1. The van der Waals surface area contributed by atoms with Crippen molar-refractivity contribution < 1.29 is 4.79 Å². The number of para-hydroxylation sites is 2. The third kappa shape index (κ3) is 3.76. The molecule has 126 valence electrons. The normalized spacial score (nSPS) is 17.7. The average Bonchev–Trinajstić information content (AvgIpc) is 2.78. The smallest absolute Gasteiger partial charge is 0.328 e. The Hall–Kier alpha value is -1.79. The lowest BCUT2D eigenvalue weighted by Gasteiger charge is -2.23. The van der Waals surface area contributed by atoms with E-state index in [0.717, 1.165) is 37.0 Å². The molecule has 0 aliphatic carbocycles. The fourth-order valence-electron chi connectivity index (χ4n) is 3.07. The molecule has 0 radical (unpaired) electrons. The van der Waals surface area contributed by atoms with Crippen LogP contribution in [0.1, 0.15) is 19.3 Å². The van der Waals surface area contributed by atoms with E-state index in [2.05, 4.69) is 10.6 Å². The molecular weight excluding hydrogens is 316 g/mol. The summed E-state index contributed by atoms with van der Waals surface area (Å²) in [4.78, 5) is 24.4. The Bertz CT molecular complexity index is 731. The van der Waals surface area contributed by atoms with Crippen LogP contribution in [0.25, 0.3) is 11.0 Å². The Labute approximate surface area is 141 Å². The molecule has 0 bridgehead atoms. The molecular formula is C16H23ClN4O2. The van der Waals surface area contributed by atoms with Crippen LogP contribution in [-0.4, -0.2) is 34.2 Å². The van der Waals surface area contributed by atoms with E-state index < -0.39 is 0 Å². The number of rotatable bonds is 4. The SMILES string of the molecule is Cl.Cn1c(=O)n(CCC(=O)N[C@H]2CCCNC2)c2ccccc21. The van der Waals surface area contributed by atoms with Crippen molar-refractivity contribution in [3.05, 3.63) is 34.7 Å². The maximum atomic E-state index is 12.3. The Morgan fingerprint density at radius 1 is 1.35 bits per heavy atom. The van der Waals surface area contributed by atoms with Crippen molar-refractivity contribution in [1.29, 1.82) is 0 Å². The van der Waals surface area contributed by atoms with E-state index in [1.807, 2.05) is 24.3 Å². The molecule has 2 aromatic rings. The van der Waals surface area contributed by atoms with Crippen molar-refractivity contribution in [3.8, 4) is 0 Å². The zero-order valence-electron chi connectivity index (χ0n) is 13.2. The van der Waals surface area contributed by atoms with Crippen LogP contribution in [0, 0.1) is 0 Å². The van der Waals surface area contributed by atoms with Gasteiger partial charge in [0.1, 0.15) is 0 Å². The van der Waals surface area contributed by atoms with E-state index in [0.29, 0.717) is 13.0 Å². The van der Waals surface area contributed by atoms with E-state index in [1.165, 1.54) is 0 Å². The lowest BCUT2D eigenvalue weighted by atomic mass is 10.1. The van der Waals surface area contributed by atoms with Crippen LogP contribution in [0.3, 0.4) is 0 Å². The van der Waals surface area contributed by atoms with Crippen molar-refractivity contribution in [2.24, 2.45) is 7.05 Å². The Kier molecular flexibility index (Phi) is 5.85. The molecule has 1 aromatic carbocycles. The van der Waals surface area contributed by atoms with Crippen molar-refractivity contribution >= 4 is 29.3 Å². The number of aromatic nitrogens is 2. The van der Waals surface area contributed by atoms with Gasteiger partial charge in [-0.05, 0) is 31.5 Å². The summed E-state index contributed by atoms with van der Waals surface area (Å²) < 4.78 is 3.30. The summed E-state index contributed by atoms with van der Waals surface area (Å²) in [5, 5.41) is 6.32. The predicted octanol–water partition coefficient (Wildman–Crippen LogP) is 1.02. The van der Waals surface area contributed by atoms with Gasteiger partial charge in [0.15, 0.2) is 0 Å². The number of piperidine rings is 1. The molecule has 2 N–H and O–H groups in total. The highest BCUT2D eigenvalue weighted by Crippen LogP contribution is 2.11.